The third-order valence-corrected chi connectivity index (χ3v) is 2.85. The van der Waals surface area contributed by atoms with Gasteiger partial charge in [-0.05, 0) is 25.7 Å². The van der Waals surface area contributed by atoms with Gasteiger partial charge in [0, 0.05) is 0 Å². The van der Waals surface area contributed by atoms with Gasteiger partial charge in [0.25, 0.3) is 0 Å². The Morgan fingerprint density at radius 2 is 1.92 bits per heavy atom. The minimum atomic E-state index is -0.393. The average molecular weight is 167 g/mol. The molecule has 1 rings (SSSR count). The predicted octanol–water partition coefficient (Wildman–Crippen LogP) is 2.09. The molecule has 12 heavy (non-hydrogen) atoms. The number of nitriles is 1. The Kier molecular flexibility index (Phi) is 3.55. The lowest BCUT2D eigenvalue weighted by Crippen LogP contribution is -2.28. The Morgan fingerprint density at radius 3 is 2.42 bits per heavy atom. The van der Waals surface area contributed by atoms with Crippen LogP contribution in [0, 0.1) is 23.2 Å². The Balaban J connectivity index is 2.40. The topological polar surface area (TPSA) is 44.0 Å². The highest BCUT2D eigenvalue weighted by Gasteiger charge is 2.25. The maximum absolute atomic E-state index is 9.72. The van der Waals surface area contributed by atoms with Crippen molar-refractivity contribution in [3.63, 3.8) is 0 Å². The van der Waals surface area contributed by atoms with E-state index >= 15 is 0 Å². The highest BCUT2D eigenvalue weighted by Crippen LogP contribution is 2.29. The van der Waals surface area contributed by atoms with Crippen LogP contribution >= 0.6 is 0 Å². The molecule has 0 aromatic heterocycles. The molecule has 0 aliphatic heterocycles. The van der Waals surface area contributed by atoms with E-state index in [1.807, 2.05) is 0 Å². The summed E-state index contributed by atoms with van der Waals surface area (Å²) >= 11 is 0. The van der Waals surface area contributed by atoms with E-state index in [0.717, 1.165) is 12.8 Å². The SMILES string of the molecule is CC(C#N)C(O)C1CCCCC1. The van der Waals surface area contributed by atoms with Crippen LogP contribution in [0.15, 0.2) is 0 Å². The second-order valence-electron chi connectivity index (χ2n) is 3.81. The maximum Gasteiger partial charge on any atom is 0.0723 e. The van der Waals surface area contributed by atoms with Gasteiger partial charge in [0.2, 0.25) is 0 Å². The maximum atomic E-state index is 9.72. The second-order valence-corrected chi connectivity index (χ2v) is 3.81. The van der Waals surface area contributed by atoms with Crippen molar-refractivity contribution in [2.24, 2.45) is 11.8 Å². The Morgan fingerprint density at radius 1 is 1.33 bits per heavy atom. The van der Waals surface area contributed by atoms with Crippen molar-refractivity contribution in [1.82, 2.24) is 0 Å². The van der Waals surface area contributed by atoms with Gasteiger partial charge < -0.3 is 5.11 Å². The third-order valence-electron chi connectivity index (χ3n) is 2.85. The van der Waals surface area contributed by atoms with E-state index in [9.17, 15) is 5.11 Å². The van der Waals surface area contributed by atoms with Crippen molar-refractivity contribution in [2.75, 3.05) is 0 Å². The van der Waals surface area contributed by atoms with E-state index in [1.54, 1.807) is 6.92 Å². The quantitative estimate of drug-likeness (QED) is 0.684. The van der Waals surface area contributed by atoms with Gasteiger partial charge in [-0.1, -0.05) is 19.3 Å². The molecule has 1 aliphatic rings. The van der Waals surface area contributed by atoms with Crippen LogP contribution in [0.2, 0.25) is 0 Å². The van der Waals surface area contributed by atoms with Crippen molar-refractivity contribution in [1.29, 1.82) is 5.26 Å². The number of hydrogen-bond acceptors (Lipinski definition) is 2. The molecule has 2 nitrogen and oxygen atoms in total. The van der Waals surface area contributed by atoms with Crippen molar-refractivity contribution in [3.8, 4) is 6.07 Å². The predicted molar refractivity (Wildman–Crippen MR) is 47.4 cm³/mol. The molecule has 1 N–H and O–H groups in total. The summed E-state index contributed by atoms with van der Waals surface area (Å²) in [5.74, 6) is 0.182. The van der Waals surface area contributed by atoms with E-state index in [-0.39, 0.29) is 5.92 Å². The highest BCUT2D eigenvalue weighted by atomic mass is 16.3. The molecule has 0 aromatic rings. The molecule has 1 fully saturated rings. The lowest BCUT2D eigenvalue weighted by molar-refractivity contribution is 0.0580. The summed E-state index contributed by atoms with van der Waals surface area (Å²) in [5.41, 5.74) is 0. The Labute approximate surface area is 74.2 Å². The van der Waals surface area contributed by atoms with E-state index in [4.69, 9.17) is 5.26 Å². The number of rotatable bonds is 2. The molecule has 2 atom stereocenters. The largest absolute Gasteiger partial charge is 0.391 e. The first-order valence-corrected chi connectivity index (χ1v) is 4.83. The fraction of sp³-hybridized carbons (Fsp3) is 0.900. The highest BCUT2D eigenvalue weighted by molar-refractivity contribution is 4.88. The van der Waals surface area contributed by atoms with Crippen LogP contribution in [-0.4, -0.2) is 11.2 Å². The molecule has 68 valence electrons. The van der Waals surface area contributed by atoms with Crippen LogP contribution in [0.1, 0.15) is 39.0 Å². The first-order valence-electron chi connectivity index (χ1n) is 4.83. The lowest BCUT2D eigenvalue weighted by Gasteiger charge is -2.27. The molecule has 0 radical (unpaired) electrons. The molecule has 2 unspecified atom stereocenters. The minimum absolute atomic E-state index is 0.201. The standard InChI is InChI=1S/C10H17NO/c1-8(7-11)10(12)9-5-3-2-4-6-9/h8-10,12H,2-6H2,1H3. The summed E-state index contributed by atoms with van der Waals surface area (Å²) in [4.78, 5) is 0. The van der Waals surface area contributed by atoms with Crippen LogP contribution in [0.5, 0.6) is 0 Å². The molecule has 0 spiro atoms. The van der Waals surface area contributed by atoms with E-state index in [2.05, 4.69) is 6.07 Å². The summed E-state index contributed by atoms with van der Waals surface area (Å²) in [5, 5.41) is 18.3. The number of aliphatic hydroxyl groups excluding tert-OH is 1. The smallest absolute Gasteiger partial charge is 0.0723 e. The third kappa shape index (κ3) is 2.22. The number of nitrogens with zero attached hydrogens (tertiary/aromatic N) is 1. The van der Waals surface area contributed by atoms with Crippen molar-refractivity contribution >= 4 is 0 Å². The fourth-order valence-corrected chi connectivity index (χ4v) is 1.96. The van der Waals surface area contributed by atoms with Crippen molar-refractivity contribution in [3.05, 3.63) is 0 Å². The van der Waals surface area contributed by atoms with Crippen LogP contribution < -0.4 is 0 Å². The first-order chi connectivity index (χ1) is 5.75. The molecule has 1 saturated carbocycles. The zero-order chi connectivity index (χ0) is 8.97. The summed E-state index contributed by atoms with van der Waals surface area (Å²) in [7, 11) is 0. The average Bonchev–Trinajstić information content (AvgIpc) is 2.17. The molecule has 1 aliphatic carbocycles. The van der Waals surface area contributed by atoms with Gasteiger partial charge in [-0.25, -0.2) is 0 Å². The van der Waals surface area contributed by atoms with Gasteiger partial charge in [0.1, 0.15) is 0 Å². The molecule has 0 aromatic carbocycles. The monoisotopic (exact) mass is 167 g/mol. The van der Waals surface area contributed by atoms with Crippen LogP contribution in [0.25, 0.3) is 0 Å². The molecule has 0 bridgehead atoms. The van der Waals surface area contributed by atoms with Gasteiger partial charge in [0.05, 0.1) is 18.1 Å². The van der Waals surface area contributed by atoms with Gasteiger partial charge in [0.15, 0.2) is 0 Å². The summed E-state index contributed by atoms with van der Waals surface area (Å²) < 4.78 is 0. The molecule has 0 heterocycles. The van der Waals surface area contributed by atoms with Crippen LogP contribution in [0.4, 0.5) is 0 Å². The molecule has 0 saturated heterocycles. The van der Waals surface area contributed by atoms with Gasteiger partial charge >= 0.3 is 0 Å². The molecule has 0 amide bonds. The summed E-state index contributed by atoms with van der Waals surface area (Å²) in [6.07, 6.45) is 5.56. The zero-order valence-corrected chi connectivity index (χ0v) is 7.66. The van der Waals surface area contributed by atoms with E-state index in [0.29, 0.717) is 5.92 Å². The lowest BCUT2D eigenvalue weighted by atomic mass is 9.81. The Bertz CT molecular complexity index is 167. The molecule has 2 heteroatoms. The second kappa shape index (κ2) is 4.47. The van der Waals surface area contributed by atoms with Crippen molar-refractivity contribution in [2.45, 2.75) is 45.1 Å². The minimum Gasteiger partial charge on any atom is -0.391 e. The Hall–Kier alpha value is -0.550. The van der Waals surface area contributed by atoms with Gasteiger partial charge in [-0.3, -0.25) is 0 Å². The first kappa shape index (κ1) is 9.54. The zero-order valence-electron chi connectivity index (χ0n) is 7.66. The van der Waals surface area contributed by atoms with Crippen LogP contribution in [-0.2, 0) is 0 Å². The van der Waals surface area contributed by atoms with Gasteiger partial charge in [-0.2, -0.15) is 5.26 Å². The van der Waals surface area contributed by atoms with E-state index < -0.39 is 6.10 Å². The fourth-order valence-electron chi connectivity index (χ4n) is 1.96. The normalized spacial score (nSPS) is 24.4. The summed E-state index contributed by atoms with van der Waals surface area (Å²) in [6.45, 7) is 1.80. The van der Waals surface area contributed by atoms with E-state index in [1.165, 1.54) is 19.3 Å². The number of aliphatic hydroxyl groups is 1. The molecular formula is C10H17NO. The summed E-state index contributed by atoms with van der Waals surface area (Å²) in [6, 6.07) is 2.11. The van der Waals surface area contributed by atoms with Crippen LogP contribution in [0.3, 0.4) is 0 Å². The number of hydrogen-bond donors (Lipinski definition) is 1. The van der Waals surface area contributed by atoms with Crippen molar-refractivity contribution < 1.29 is 5.11 Å². The molecular weight excluding hydrogens is 150 g/mol. The van der Waals surface area contributed by atoms with Gasteiger partial charge in [-0.15, -0.1) is 0 Å².